The molecule has 4 rings (SSSR count). The van der Waals surface area contributed by atoms with E-state index in [1.807, 2.05) is 6.20 Å². The molecule has 2 heterocycles. The van der Waals surface area contributed by atoms with E-state index in [4.69, 9.17) is 0 Å². The molecule has 0 aliphatic carbocycles. The molecular weight excluding hydrogens is 328 g/mol. The van der Waals surface area contributed by atoms with Gasteiger partial charge in [0.15, 0.2) is 0 Å². The number of aromatic amines is 1. The van der Waals surface area contributed by atoms with E-state index in [2.05, 4.69) is 65.1 Å². The van der Waals surface area contributed by atoms with E-state index < -0.39 is 0 Å². The largest absolute Gasteiger partial charge is 0.361 e. The highest BCUT2D eigenvalue weighted by Crippen LogP contribution is 2.25. The first-order valence-electron chi connectivity index (χ1n) is 8.49. The Hall–Kier alpha value is -2.59. The molecule has 25 heavy (non-hydrogen) atoms. The van der Waals surface area contributed by atoms with Crippen LogP contribution < -0.4 is 5.32 Å². The lowest BCUT2D eigenvalue weighted by molar-refractivity contribution is -0.120. The van der Waals surface area contributed by atoms with Gasteiger partial charge in [0.2, 0.25) is 5.91 Å². The Bertz CT molecular complexity index is 1040. The van der Waals surface area contributed by atoms with Gasteiger partial charge in [0.1, 0.15) is 0 Å². The molecule has 2 N–H and O–H groups in total. The smallest absolute Gasteiger partial charge is 0.224 e. The maximum Gasteiger partial charge on any atom is 0.224 e. The highest BCUT2D eigenvalue weighted by atomic mass is 32.1. The molecular formula is C21H20N2OS. The minimum Gasteiger partial charge on any atom is -0.361 e. The Balaban J connectivity index is 1.37. The number of aryl methyl sites for hydroxylation is 1. The van der Waals surface area contributed by atoms with Crippen molar-refractivity contribution in [3.8, 4) is 0 Å². The molecule has 0 saturated carbocycles. The van der Waals surface area contributed by atoms with Crippen molar-refractivity contribution in [3.63, 3.8) is 0 Å². The number of rotatable bonds is 5. The van der Waals surface area contributed by atoms with Gasteiger partial charge in [-0.1, -0.05) is 30.3 Å². The van der Waals surface area contributed by atoms with Crippen LogP contribution in [0.5, 0.6) is 0 Å². The fourth-order valence-corrected chi connectivity index (χ4v) is 4.24. The molecule has 0 aliphatic heterocycles. The van der Waals surface area contributed by atoms with Crippen molar-refractivity contribution in [1.29, 1.82) is 0 Å². The molecule has 0 bridgehead atoms. The maximum atomic E-state index is 12.3. The Morgan fingerprint density at radius 2 is 2.00 bits per heavy atom. The SMILES string of the molecule is Cc1ccc2c(CC(=O)NCCc3csc4ccccc34)c[nH]c2c1. The number of nitrogens with one attached hydrogen (secondary N) is 2. The maximum absolute atomic E-state index is 12.3. The molecule has 126 valence electrons. The summed E-state index contributed by atoms with van der Waals surface area (Å²) in [5, 5.41) is 7.67. The second kappa shape index (κ2) is 6.73. The minimum absolute atomic E-state index is 0.0704. The summed E-state index contributed by atoms with van der Waals surface area (Å²) in [4.78, 5) is 15.5. The number of benzene rings is 2. The van der Waals surface area contributed by atoms with Crippen molar-refractivity contribution in [2.45, 2.75) is 19.8 Å². The summed E-state index contributed by atoms with van der Waals surface area (Å²) in [7, 11) is 0. The first-order valence-corrected chi connectivity index (χ1v) is 9.37. The van der Waals surface area contributed by atoms with E-state index >= 15 is 0 Å². The second-order valence-electron chi connectivity index (χ2n) is 6.40. The molecule has 0 saturated heterocycles. The molecule has 2 aromatic heterocycles. The van der Waals surface area contributed by atoms with Gasteiger partial charge in [-0.25, -0.2) is 0 Å². The zero-order chi connectivity index (χ0) is 17.2. The molecule has 1 amide bonds. The van der Waals surface area contributed by atoms with Gasteiger partial charge in [-0.15, -0.1) is 11.3 Å². The van der Waals surface area contributed by atoms with Crippen molar-refractivity contribution < 1.29 is 4.79 Å². The van der Waals surface area contributed by atoms with Crippen molar-refractivity contribution >= 4 is 38.2 Å². The van der Waals surface area contributed by atoms with Gasteiger partial charge < -0.3 is 10.3 Å². The molecule has 0 spiro atoms. The van der Waals surface area contributed by atoms with E-state index in [1.54, 1.807) is 11.3 Å². The second-order valence-corrected chi connectivity index (χ2v) is 7.31. The fourth-order valence-electron chi connectivity index (χ4n) is 3.24. The zero-order valence-electron chi connectivity index (χ0n) is 14.1. The molecule has 2 aromatic carbocycles. The number of aromatic nitrogens is 1. The van der Waals surface area contributed by atoms with Gasteiger partial charge in [-0.3, -0.25) is 4.79 Å². The standard InChI is InChI=1S/C21H20N2OS/c1-14-6-7-17-16(12-23-19(17)10-14)11-21(24)22-9-8-15-13-25-20-5-3-2-4-18(15)20/h2-7,10,12-13,23H,8-9,11H2,1H3,(H,22,24). The van der Waals surface area contributed by atoms with Gasteiger partial charge in [-0.2, -0.15) is 0 Å². The molecule has 0 atom stereocenters. The van der Waals surface area contributed by atoms with Crippen molar-refractivity contribution in [2.24, 2.45) is 0 Å². The Labute approximate surface area is 150 Å². The first kappa shape index (κ1) is 15.9. The summed E-state index contributed by atoms with van der Waals surface area (Å²) in [6, 6.07) is 14.7. The minimum atomic E-state index is 0.0704. The van der Waals surface area contributed by atoms with Crippen molar-refractivity contribution in [1.82, 2.24) is 10.3 Å². The van der Waals surface area contributed by atoms with E-state index in [0.717, 1.165) is 22.9 Å². The molecule has 0 radical (unpaired) electrons. The summed E-state index contributed by atoms with van der Waals surface area (Å²) in [5.74, 6) is 0.0704. The van der Waals surface area contributed by atoms with Crippen LogP contribution in [0, 0.1) is 6.92 Å². The molecule has 0 fully saturated rings. The molecule has 0 unspecified atom stereocenters. The van der Waals surface area contributed by atoms with Crippen LogP contribution in [-0.2, 0) is 17.6 Å². The van der Waals surface area contributed by atoms with Crippen LogP contribution in [0.4, 0.5) is 0 Å². The molecule has 0 aliphatic rings. The topological polar surface area (TPSA) is 44.9 Å². The van der Waals surface area contributed by atoms with Gasteiger partial charge in [0.05, 0.1) is 6.42 Å². The third-order valence-corrected chi connectivity index (χ3v) is 5.56. The number of amides is 1. The van der Waals surface area contributed by atoms with Crippen LogP contribution in [0.2, 0.25) is 0 Å². The Kier molecular flexibility index (Phi) is 4.28. The lowest BCUT2D eigenvalue weighted by Gasteiger charge is -2.05. The number of fused-ring (bicyclic) bond motifs is 2. The average Bonchev–Trinajstić information content (AvgIpc) is 3.19. The van der Waals surface area contributed by atoms with Gasteiger partial charge in [0.25, 0.3) is 0 Å². The predicted octanol–water partition coefficient (Wildman–Crippen LogP) is 4.59. The Morgan fingerprint density at radius 3 is 2.92 bits per heavy atom. The fraction of sp³-hybridized carbons (Fsp3) is 0.190. The van der Waals surface area contributed by atoms with Gasteiger partial charge in [0, 0.05) is 28.3 Å². The van der Waals surface area contributed by atoms with Crippen molar-refractivity contribution in [3.05, 3.63) is 70.7 Å². The summed E-state index contributed by atoms with van der Waals surface area (Å²) in [6.45, 7) is 2.74. The lowest BCUT2D eigenvalue weighted by atomic mass is 10.1. The Morgan fingerprint density at radius 1 is 1.12 bits per heavy atom. The first-order chi connectivity index (χ1) is 12.2. The normalized spacial score (nSPS) is 11.2. The van der Waals surface area contributed by atoms with Gasteiger partial charge >= 0.3 is 0 Å². The third kappa shape index (κ3) is 3.30. The van der Waals surface area contributed by atoms with E-state index in [9.17, 15) is 4.79 Å². The van der Waals surface area contributed by atoms with E-state index in [0.29, 0.717) is 13.0 Å². The van der Waals surface area contributed by atoms with E-state index in [-0.39, 0.29) is 5.91 Å². The average molecular weight is 348 g/mol. The van der Waals surface area contributed by atoms with Gasteiger partial charge in [-0.05, 0) is 52.9 Å². The van der Waals surface area contributed by atoms with Crippen LogP contribution in [0.25, 0.3) is 21.0 Å². The molecule has 4 heteroatoms. The van der Waals surface area contributed by atoms with Crippen LogP contribution in [-0.4, -0.2) is 17.4 Å². The number of hydrogen-bond acceptors (Lipinski definition) is 2. The van der Waals surface area contributed by atoms with Crippen LogP contribution in [0.15, 0.2) is 54.0 Å². The number of carbonyl (C=O) groups excluding carboxylic acids is 1. The van der Waals surface area contributed by atoms with Crippen LogP contribution in [0.1, 0.15) is 16.7 Å². The summed E-state index contributed by atoms with van der Waals surface area (Å²) in [6.07, 6.45) is 3.21. The number of H-pyrrole nitrogens is 1. The monoisotopic (exact) mass is 348 g/mol. The quantitative estimate of drug-likeness (QED) is 0.544. The highest BCUT2D eigenvalue weighted by Gasteiger charge is 2.09. The molecule has 4 aromatic rings. The predicted molar refractivity (Wildman–Crippen MR) is 105 cm³/mol. The third-order valence-electron chi connectivity index (χ3n) is 4.55. The highest BCUT2D eigenvalue weighted by molar-refractivity contribution is 7.17. The van der Waals surface area contributed by atoms with Crippen LogP contribution >= 0.6 is 11.3 Å². The summed E-state index contributed by atoms with van der Waals surface area (Å²) < 4.78 is 1.30. The van der Waals surface area contributed by atoms with E-state index in [1.165, 1.54) is 21.2 Å². The lowest BCUT2D eigenvalue weighted by Crippen LogP contribution is -2.27. The number of hydrogen-bond donors (Lipinski definition) is 2. The summed E-state index contributed by atoms with van der Waals surface area (Å²) >= 11 is 1.76. The molecule has 3 nitrogen and oxygen atoms in total. The zero-order valence-corrected chi connectivity index (χ0v) is 15.0. The number of thiophene rings is 1. The van der Waals surface area contributed by atoms with Crippen LogP contribution in [0.3, 0.4) is 0 Å². The number of carbonyl (C=O) groups is 1. The van der Waals surface area contributed by atoms with Crippen molar-refractivity contribution in [2.75, 3.05) is 6.54 Å². The summed E-state index contributed by atoms with van der Waals surface area (Å²) in [5.41, 5.74) is 4.66.